The van der Waals surface area contributed by atoms with Crippen LogP contribution in [0.1, 0.15) is 27.3 Å². The molecule has 4 rings (SSSR count). The van der Waals surface area contributed by atoms with Crippen LogP contribution in [0.15, 0.2) is 47.4 Å². The molecule has 0 bridgehead atoms. The van der Waals surface area contributed by atoms with E-state index in [2.05, 4.69) is 20.3 Å². The minimum Gasteiger partial charge on any atom is -0.454 e. The summed E-state index contributed by atoms with van der Waals surface area (Å²) in [7, 11) is -3.76. The van der Waals surface area contributed by atoms with Crippen LogP contribution >= 0.6 is 0 Å². The smallest absolute Gasteiger partial charge is 0.338 e. The number of carbonyl (C=O) groups excluding carboxylic acids is 1. The van der Waals surface area contributed by atoms with Crippen LogP contribution in [0.2, 0.25) is 0 Å². The molecule has 35 heavy (non-hydrogen) atoms. The van der Waals surface area contributed by atoms with Crippen molar-refractivity contribution >= 4 is 33.6 Å². The second-order valence-corrected chi connectivity index (χ2v) is 9.88. The quantitative estimate of drug-likeness (QED) is 0.464. The highest BCUT2D eigenvalue weighted by Gasteiger charge is 2.27. The molecule has 0 aliphatic carbocycles. The van der Waals surface area contributed by atoms with Gasteiger partial charge in [-0.1, -0.05) is 24.3 Å². The van der Waals surface area contributed by atoms with Crippen molar-refractivity contribution in [3.63, 3.8) is 0 Å². The molecule has 2 aromatic carbocycles. The zero-order valence-corrected chi connectivity index (χ0v) is 20.2. The number of aryl methyl sites for hydroxylation is 2. The van der Waals surface area contributed by atoms with Gasteiger partial charge in [0, 0.05) is 18.8 Å². The van der Waals surface area contributed by atoms with E-state index in [1.54, 1.807) is 13.0 Å². The van der Waals surface area contributed by atoms with Crippen LogP contribution in [-0.2, 0) is 26.1 Å². The summed E-state index contributed by atoms with van der Waals surface area (Å²) in [5, 5.41) is 3.07. The van der Waals surface area contributed by atoms with E-state index < -0.39 is 16.0 Å². The number of nitrogen functional groups attached to an aromatic ring is 1. The number of rotatable bonds is 7. The van der Waals surface area contributed by atoms with E-state index in [0.717, 1.165) is 11.3 Å². The fraction of sp³-hybridized carbons (Fsp3) is 0.304. The van der Waals surface area contributed by atoms with Gasteiger partial charge in [-0.2, -0.15) is 19.3 Å². The minimum absolute atomic E-state index is 0.0195. The second-order valence-electron chi connectivity index (χ2n) is 7.94. The first-order valence-electron chi connectivity index (χ1n) is 10.9. The number of carbonyl (C=O) groups is 1. The van der Waals surface area contributed by atoms with Gasteiger partial charge in [-0.25, -0.2) is 13.2 Å². The molecule has 0 amide bonds. The first-order chi connectivity index (χ1) is 16.7. The van der Waals surface area contributed by atoms with Crippen LogP contribution < -0.4 is 11.1 Å². The van der Waals surface area contributed by atoms with Crippen molar-refractivity contribution in [2.75, 3.05) is 37.4 Å². The number of para-hydroxylation sites is 1. The molecule has 0 atom stereocenters. The Morgan fingerprint density at radius 3 is 2.57 bits per heavy atom. The van der Waals surface area contributed by atoms with Crippen LogP contribution in [0.5, 0.6) is 0 Å². The van der Waals surface area contributed by atoms with Gasteiger partial charge in [0.15, 0.2) is 12.4 Å². The van der Waals surface area contributed by atoms with Gasteiger partial charge in [0.1, 0.15) is 0 Å². The Morgan fingerprint density at radius 2 is 1.83 bits per heavy atom. The number of sulfonamides is 1. The molecule has 0 unspecified atom stereocenters. The lowest BCUT2D eigenvalue weighted by Gasteiger charge is -2.26. The molecule has 11 nitrogen and oxygen atoms in total. The Labute approximate surface area is 203 Å². The predicted molar refractivity (Wildman–Crippen MR) is 129 cm³/mol. The SMILES string of the molecule is Cc1ccccc1Nc1nc(N)nc(COC(=O)c2cc(S(=O)(=O)N3CCOCC3)ccc2C)n1. The molecule has 1 aromatic heterocycles. The fourth-order valence-corrected chi connectivity index (χ4v) is 4.95. The number of morpholine rings is 1. The molecular formula is C23H26N6O5S. The summed E-state index contributed by atoms with van der Waals surface area (Å²) in [6.45, 7) is 4.54. The largest absolute Gasteiger partial charge is 0.454 e. The maximum absolute atomic E-state index is 13.0. The van der Waals surface area contributed by atoms with Gasteiger partial charge in [-0.3, -0.25) is 0 Å². The number of esters is 1. The van der Waals surface area contributed by atoms with Gasteiger partial charge in [0.05, 0.1) is 23.7 Å². The molecule has 1 aliphatic heterocycles. The second kappa shape index (κ2) is 10.3. The highest BCUT2D eigenvalue weighted by molar-refractivity contribution is 7.89. The van der Waals surface area contributed by atoms with E-state index in [1.165, 1.54) is 16.4 Å². The average Bonchev–Trinajstić information content (AvgIpc) is 2.84. The number of aromatic nitrogens is 3. The lowest BCUT2D eigenvalue weighted by molar-refractivity contribution is 0.0461. The standard InChI is InChI=1S/C23H26N6O5S/c1-15-7-8-17(35(31,32)29-9-11-33-12-10-29)13-18(15)21(30)34-14-20-26-22(24)28-23(27-20)25-19-6-4-3-5-16(19)2/h3-8,13H,9-12,14H2,1-2H3,(H3,24,25,26,27,28). The van der Waals surface area contributed by atoms with Gasteiger partial charge in [-0.05, 0) is 43.2 Å². The summed E-state index contributed by atoms with van der Waals surface area (Å²) >= 11 is 0. The summed E-state index contributed by atoms with van der Waals surface area (Å²) in [6.07, 6.45) is 0. The van der Waals surface area contributed by atoms with Crippen molar-refractivity contribution in [1.82, 2.24) is 19.3 Å². The topological polar surface area (TPSA) is 150 Å². The van der Waals surface area contributed by atoms with E-state index in [4.69, 9.17) is 15.2 Å². The Bertz CT molecular complexity index is 1340. The van der Waals surface area contributed by atoms with Crippen LogP contribution in [0.25, 0.3) is 0 Å². The average molecular weight is 499 g/mol. The van der Waals surface area contributed by atoms with Crippen molar-refractivity contribution in [2.45, 2.75) is 25.3 Å². The van der Waals surface area contributed by atoms with Gasteiger partial charge < -0.3 is 20.5 Å². The van der Waals surface area contributed by atoms with E-state index in [0.29, 0.717) is 18.8 Å². The van der Waals surface area contributed by atoms with Gasteiger partial charge in [0.2, 0.25) is 21.9 Å². The van der Waals surface area contributed by atoms with E-state index in [-0.39, 0.29) is 47.9 Å². The number of nitrogens with zero attached hydrogens (tertiary/aromatic N) is 4. The highest BCUT2D eigenvalue weighted by Crippen LogP contribution is 2.22. The third kappa shape index (κ3) is 5.73. The maximum Gasteiger partial charge on any atom is 0.338 e. The third-order valence-corrected chi connectivity index (χ3v) is 7.35. The normalized spacial score (nSPS) is 14.5. The number of benzene rings is 2. The van der Waals surface area contributed by atoms with Crippen molar-refractivity contribution in [1.29, 1.82) is 0 Å². The molecule has 3 aromatic rings. The number of anilines is 3. The lowest BCUT2D eigenvalue weighted by atomic mass is 10.1. The zero-order chi connectivity index (χ0) is 25.0. The third-order valence-electron chi connectivity index (χ3n) is 5.46. The number of nitrogens with one attached hydrogen (secondary N) is 1. The monoisotopic (exact) mass is 498 g/mol. The Hall–Kier alpha value is -3.61. The summed E-state index contributed by atoms with van der Waals surface area (Å²) < 4.78 is 37.9. The van der Waals surface area contributed by atoms with Gasteiger partial charge >= 0.3 is 5.97 Å². The van der Waals surface area contributed by atoms with Gasteiger partial charge in [0.25, 0.3) is 0 Å². The Balaban J connectivity index is 1.49. The van der Waals surface area contributed by atoms with Crippen molar-refractivity contribution < 1.29 is 22.7 Å². The molecular weight excluding hydrogens is 472 g/mol. The molecule has 2 heterocycles. The number of hydrogen-bond donors (Lipinski definition) is 2. The van der Waals surface area contributed by atoms with E-state index in [1.807, 2.05) is 31.2 Å². The number of ether oxygens (including phenoxy) is 2. The Morgan fingerprint density at radius 1 is 1.09 bits per heavy atom. The van der Waals surface area contributed by atoms with Crippen LogP contribution in [0.3, 0.4) is 0 Å². The predicted octanol–water partition coefficient (Wildman–Crippen LogP) is 2.19. The van der Waals surface area contributed by atoms with Crippen LogP contribution in [0, 0.1) is 13.8 Å². The molecule has 12 heteroatoms. The maximum atomic E-state index is 13.0. The summed E-state index contributed by atoms with van der Waals surface area (Å²) in [6, 6.07) is 12.0. The number of nitrogens with two attached hydrogens (primary N) is 1. The fourth-order valence-electron chi connectivity index (χ4n) is 3.52. The van der Waals surface area contributed by atoms with E-state index in [9.17, 15) is 13.2 Å². The Kier molecular flexibility index (Phi) is 7.24. The van der Waals surface area contributed by atoms with E-state index >= 15 is 0 Å². The van der Waals surface area contributed by atoms with Crippen molar-refractivity contribution in [2.24, 2.45) is 0 Å². The first-order valence-corrected chi connectivity index (χ1v) is 12.4. The molecule has 1 saturated heterocycles. The van der Waals surface area contributed by atoms with Gasteiger partial charge in [-0.15, -0.1) is 0 Å². The van der Waals surface area contributed by atoms with Crippen LogP contribution in [0.4, 0.5) is 17.6 Å². The van der Waals surface area contributed by atoms with Crippen molar-refractivity contribution in [3.8, 4) is 0 Å². The van der Waals surface area contributed by atoms with Crippen molar-refractivity contribution in [3.05, 3.63) is 65.0 Å². The molecule has 184 valence electrons. The number of hydrogen-bond acceptors (Lipinski definition) is 10. The van der Waals surface area contributed by atoms with Crippen LogP contribution in [-0.4, -0.2) is 59.9 Å². The highest BCUT2D eigenvalue weighted by atomic mass is 32.2. The minimum atomic E-state index is -3.76. The molecule has 0 spiro atoms. The summed E-state index contributed by atoms with van der Waals surface area (Å²) in [5.74, 6) is -0.366. The molecule has 1 fully saturated rings. The zero-order valence-electron chi connectivity index (χ0n) is 19.4. The molecule has 1 aliphatic rings. The lowest BCUT2D eigenvalue weighted by Crippen LogP contribution is -2.40. The summed E-state index contributed by atoms with van der Waals surface area (Å²) in [4.78, 5) is 25.2. The molecule has 0 saturated carbocycles. The summed E-state index contributed by atoms with van der Waals surface area (Å²) in [5.41, 5.74) is 8.31. The first kappa shape index (κ1) is 24.5. The molecule has 3 N–H and O–H groups in total. The molecule has 0 radical (unpaired) electrons.